The third-order valence-electron chi connectivity index (χ3n) is 2.79. The first-order valence-electron chi connectivity index (χ1n) is 5.26. The molecule has 0 atom stereocenters. The standard InChI is InChI=1S/C12H8N2O4/c15-10-4-7-3-6(1-2-9(7)14-10)11-8(12(16)17)5-13-18-11/h1-3,5H,4H2,(H,14,15)(H,16,17). The van der Waals surface area contributed by atoms with E-state index in [1.165, 1.54) is 0 Å². The van der Waals surface area contributed by atoms with Crippen LogP contribution in [0.25, 0.3) is 11.3 Å². The first-order chi connectivity index (χ1) is 8.65. The van der Waals surface area contributed by atoms with Crippen LogP contribution in [0.15, 0.2) is 28.9 Å². The zero-order valence-electron chi connectivity index (χ0n) is 9.14. The van der Waals surface area contributed by atoms with Crippen molar-refractivity contribution in [2.45, 2.75) is 6.42 Å². The van der Waals surface area contributed by atoms with E-state index in [0.29, 0.717) is 12.0 Å². The Bertz CT molecular complexity index is 660. The Hall–Kier alpha value is -2.63. The second kappa shape index (κ2) is 3.69. The van der Waals surface area contributed by atoms with Crippen molar-refractivity contribution >= 4 is 17.6 Å². The van der Waals surface area contributed by atoms with Crippen molar-refractivity contribution in [3.05, 3.63) is 35.5 Å². The molecule has 2 N–H and O–H groups in total. The Labute approximate surface area is 101 Å². The molecule has 1 aromatic carbocycles. The third-order valence-corrected chi connectivity index (χ3v) is 2.79. The molecule has 18 heavy (non-hydrogen) atoms. The van der Waals surface area contributed by atoms with Crippen molar-refractivity contribution in [2.24, 2.45) is 0 Å². The first kappa shape index (κ1) is 10.5. The van der Waals surface area contributed by atoms with Gasteiger partial charge < -0.3 is 14.9 Å². The molecule has 2 aromatic rings. The summed E-state index contributed by atoms with van der Waals surface area (Å²) in [5, 5.41) is 15.2. The number of nitrogens with zero attached hydrogens (tertiary/aromatic N) is 1. The van der Waals surface area contributed by atoms with Crippen LogP contribution in [-0.4, -0.2) is 22.1 Å². The highest BCUT2D eigenvalue weighted by Crippen LogP contribution is 2.30. The third kappa shape index (κ3) is 1.55. The highest BCUT2D eigenvalue weighted by Gasteiger charge is 2.21. The highest BCUT2D eigenvalue weighted by molar-refractivity contribution is 6.00. The maximum absolute atomic E-state index is 11.2. The molecule has 6 nitrogen and oxygen atoms in total. The number of rotatable bonds is 2. The van der Waals surface area contributed by atoms with Gasteiger partial charge in [0, 0.05) is 11.3 Å². The maximum atomic E-state index is 11.2. The lowest BCUT2D eigenvalue weighted by Gasteiger charge is -2.01. The highest BCUT2D eigenvalue weighted by atomic mass is 16.5. The molecule has 90 valence electrons. The lowest BCUT2D eigenvalue weighted by atomic mass is 10.0. The average Bonchev–Trinajstić information content (AvgIpc) is 2.91. The second-order valence-electron chi connectivity index (χ2n) is 3.97. The summed E-state index contributed by atoms with van der Waals surface area (Å²) in [4.78, 5) is 22.2. The largest absolute Gasteiger partial charge is 0.477 e. The van der Waals surface area contributed by atoms with E-state index in [4.69, 9.17) is 9.63 Å². The molecule has 1 aliphatic rings. The normalized spacial score (nSPS) is 13.2. The number of carbonyl (C=O) groups excluding carboxylic acids is 1. The number of nitrogens with one attached hydrogen (secondary N) is 1. The number of anilines is 1. The van der Waals surface area contributed by atoms with Crippen molar-refractivity contribution in [3.8, 4) is 11.3 Å². The van der Waals surface area contributed by atoms with Crippen LogP contribution in [0.1, 0.15) is 15.9 Å². The zero-order chi connectivity index (χ0) is 12.7. The zero-order valence-corrected chi connectivity index (χ0v) is 9.14. The van der Waals surface area contributed by atoms with Gasteiger partial charge in [0.15, 0.2) is 5.76 Å². The molecule has 3 rings (SSSR count). The van der Waals surface area contributed by atoms with E-state index >= 15 is 0 Å². The number of fused-ring (bicyclic) bond motifs is 1. The topological polar surface area (TPSA) is 92.4 Å². The van der Waals surface area contributed by atoms with Crippen LogP contribution in [0.5, 0.6) is 0 Å². The predicted molar refractivity (Wildman–Crippen MR) is 61.2 cm³/mol. The van der Waals surface area contributed by atoms with E-state index in [2.05, 4.69) is 10.5 Å². The van der Waals surface area contributed by atoms with E-state index in [0.717, 1.165) is 17.4 Å². The summed E-state index contributed by atoms with van der Waals surface area (Å²) in [5.41, 5.74) is 2.18. The first-order valence-corrected chi connectivity index (χ1v) is 5.26. The number of hydrogen-bond donors (Lipinski definition) is 2. The smallest absolute Gasteiger partial charge is 0.341 e. The average molecular weight is 244 g/mol. The summed E-state index contributed by atoms with van der Waals surface area (Å²) in [6, 6.07) is 5.15. The van der Waals surface area contributed by atoms with Crippen molar-refractivity contribution in [3.63, 3.8) is 0 Å². The monoisotopic (exact) mass is 244 g/mol. The molecular formula is C12H8N2O4. The van der Waals surface area contributed by atoms with Crippen LogP contribution in [0.2, 0.25) is 0 Å². The SMILES string of the molecule is O=C1Cc2cc(-c3oncc3C(=O)O)ccc2N1. The fraction of sp³-hybridized carbons (Fsp3) is 0.0833. The molecule has 1 aromatic heterocycles. The summed E-state index contributed by atoms with van der Waals surface area (Å²) in [5.74, 6) is -0.969. The minimum atomic E-state index is -1.10. The quantitative estimate of drug-likeness (QED) is 0.835. The molecule has 0 fully saturated rings. The number of aromatic carboxylic acids is 1. The number of carbonyl (C=O) groups is 2. The minimum absolute atomic E-state index is 0.00670. The van der Waals surface area contributed by atoms with Gasteiger partial charge in [-0.25, -0.2) is 4.79 Å². The van der Waals surface area contributed by atoms with Crippen molar-refractivity contribution in [2.75, 3.05) is 5.32 Å². The summed E-state index contributed by atoms with van der Waals surface area (Å²) >= 11 is 0. The molecule has 6 heteroatoms. The van der Waals surface area contributed by atoms with Crippen LogP contribution in [0, 0.1) is 0 Å². The van der Waals surface area contributed by atoms with Gasteiger partial charge in [0.25, 0.3) is 0 Å². The van der Waals surface area contributed by atoms with E-state index in [9.17, 15) is 9.59 Å². The van der Waals surface area contributed by atoms with Crippen LogP contribution < -0.4 is 5.32 Å². The number of carboxylic acid groups (broad SMARTS) is 1. The molecule has 1 aliphatic heterocycles. The van der Waals surface area contributed by atoms with Crippen molar-refractivity contribution in [1.82, 2.24) is 5.16 Å². The Morgan fingerprint density at radius 2 is 2.28 bits per heavy atom. The molecule has 0 saturated heterocycles. The molecule has 1 amide bonds. The van der Waals surface area contributed by atoms with E-state index in [1.807, 2.05) is 0 Å². The summed E-state index contributed by atoms with van der Waals surface area (Å²) in [6.07, 6.45) is 1.45. The van der Waals surface area contributed by atoms with Crippen LogP contribution in [0.4, 0.5) is 5.69 Å². The molecule has 0 spiro atoms. The van der Waals surface area contributed by atoms with Crippen molar-refractivity contribution < 1.29 is 19.2 Å². The number of aromatic nitrogens is 1. The summed E-state index contributed by atoms with van der Waals surface area (Å²) in [6.45, 7) is 0. The fourth-order valence-corrected chi connectivity index (χ4v) is 1.97. The van der Waals surface area contributed by atoms with Crippen LogP contribution >= 0.6 is 0 Å². The number of hydrogen-bond acceptors (Lipinski definition) is 4. The molecule has 0 saturated carbocycles. The summed E-state index contributed by atoms with van der Waals surface area (Å²) in [7, 11) is 0. The van der Waals surface area contributed by atoms with Gasteiger partial charge in [-0.1, -0.05) is 5.16 Å². The molecule has 0 unspecified atom stereocenters. The number of carboxylic acids is 1. The van der Waals surface area contributed by atoms with E-state index in [-0.39, 0.29) is 17.2 Å². The van der Waals surface area contributed by atoms with Gasteiger partial charge in [-0.05, 0) is 23.8 Å². The molecule has 0 radical (unpaired) electrons. The molecule has 2 heterocycles. The Balaban J connectivity index is 2.08. The Morgan fingerprint density at radius 1 is 1.44 bits per heavy atom. The minimum Gasteiger partial charge on any atom is -0.477 e. The predicted octanol–water partition coefficient (Wildman–Crippen LogP) is 1.53. The fourth-order valence-electron chi connectivity index (χ4n) is 1.97. The maximum Gasteiger partial charge on any atom is 0.341 e. The van der Waals surface area contributed by atoms with E-state index < -0.39 is 5.97 Å². The van der Waals surface area contributed by atoms with Gasteiger partial charge in [0.05, 0.1) is 12.6 Å². The lowest BCUT2D eigenvalue weighted by Crippen LogP contribution is -2.03. The van der Waals surface area contributed by atoms with Gasteiger partial charge >= 0.3 is 5.97 Å². The summed E-state index contributed by atoms with van der Waals surface area (Å²) < 4.78 is 4.96. The Morgan fingerprint density at radius 3 is 3.06 bits per heavy atom. The van der Waals surface area contributed by atoms with Crippen molar-refractivity contribution in [1.29, 1.82) is 0 Å². The van der Waals surface area contributed by atoms with Gasteiger partial charge in [-0.15, -0.1) is 0 Å². The van der Waals surface area contributed by atoms with Crippen LogP contribution in [0.3, 0.4) is 0 Å². The van der Waals surface area contributed by atoms with Gasteiger partial charge in [0.2, 0.25) is 5.91 Å². The molecule has 0 aliphatic carbocycles. The molecule has 0 bridgehead atoms. The lowest BCUT2D eigenvalue weighted by molar-refractivity contribution is -0.115. The van der Waals surface area contributed by atoms with Gasteiger partial charge in [-0.2, -0.15) is 0 Å². The van der Waals surface area contributed by atoms with Gasteiger partial charge in [0.1, 0.15) is 5.56 Å². The Kier molecular flexibility index (Phi) is 2.16. The van der Waals surface area contributed by atoms with Gasteiger partial charge in [-0.3, -0.25) is 4.79 Å². The van der Waals surface area contributed by atoms with Crippen LogP contribution in [-0.2, 0) is 11.2 Å². The second-order valence-corrected chi connectivity index (χ2v) is 3.97. The van der Waals surface area contributed by atoms with E-state index in [1.54, 1.807) is 18.2 Å². The molecular weight excluding hydrogens is 236 g/mol. The number of benzene rings is 1. The number of amides is 1.